The lowest BCUT2D eigenvalue weighted by Crippen LogP contribution is -2.43. The standard InChI is InChI=1S/C26H30N8O3/c1-17-13-22(34(36)24-23(17)25(35)32-26(24)7-3-2-4-8-26)31-21-14-20(28-16-29-21)30-19-6-5-18(15-27-19)33-9-11-37-12-10-33/h5-6,13-16,36H,2-4,7-12H2,1H3,(H,32,35)(H,27,28,29,30). The maximum Gasteiger partial charge on any atom is 0.254 e. The van der Waals surface area contributed by atoms with Crippen LogP contribution < -0.4 is 21.0 Å². The molecule has 2 aliphatic heterocycles. The smallest absolute Gasteiger partial charge is 0.254 e. The Labute approximate surface area is 214 Å². The number of carbonyl (C=O) groups is 1. The first-order valence-electron chi connectivity index (χ1n) is 12.7. The summed E-state index contributed by atoms with van der Waals surface area (Å²) in [4.78, 5) is 32.7. The third-order valence-corrected chi connectivity index (χ3v) is 7.41. The summed E-state index contributed by atoms with van der Waals surface area (Å²) in [5.41, 5.74) is 2.74. The van der Waals surface area contributed by atoms with E-state index >= 15 is 0 Å². The number of aromatic nitrogens is 4. The van der Waals surface area contributed by atoms with Crippen molar-refractivity contribution in [3.63, 3.8) is 0 Å². The Bertz CT molecular complexity index is 1390. The number of carbonyl (C=O) groups excluding carboxylic acids is 1. The fraction of sp³-hybridized carbons (Fsp3) is 0.423. The van der Waals surface area contributed by atoms with Gasteiger partial charge in [0.2, 0.25) is 0 Å². The topological polar surface area (TPSA) is 130 Å². The van der Waals surface area contributed by atoms with Crippen molar-refractivity contribution in [2.75, 3.05) is 36.5 Å². The number of rotatable bonds is 4. The Hall–Kier alpha value is -3.99. The number of hydrogen-bond donors (Lipinski definition) is 3. The number of fused-ring (bicyclic) bond motifs is 2. The van der Waals surface area contributed by atoms with Gasteiger partial charge in [-0.15, -0.1) is 0 Å². The van der Waals surface area contributed by atoms with Gasteiger partial charge in [-0.05, 0) is 43.5 Å². The first-order chi connectivity index (χ1) is 18.0. The van der Waals surface area contributed by atoms with Crippen LogP contribution in [0.1, 0.15) is 53.7 Å². The lowest BCUT2D eigenvalue weighted by molar-refractivity contribution is 0.0892. The molecule has 37 heavy (non-hydrogen) atoms. The van der Waals surface area contributed by atoms with Crippen molar-refractivity contribution >= 4 is 29.0 Å². The highest BCUT2D eigenvalue weighted by Crippen LogP contribution is 2.42. The lowest BCUT2D eigenvalue weighted by atomic mass is 9.79. The maximum absolute atomic E-state index is 12.8. The van der Waals surface area contributed by atoms with Gasteiger partial charge in [0.25, 0.3) is 5.91 Å². The largest absolute Gasteiger partial charge is 0.427 e. The van der Waals surface area contributed by atoms with E-state index in [0.29, 0.717) is 34.2 Å². The van der Waals surface area contributed by atoms with Crippen LogP contribution in [0.5, 0.6) is 0 Å². The number of nitrogens with zero attached hydrogens (tertiary/aromatic N) is 6. The number of morpholine rings is 1. The van der Waals surface area contributed by atoms with E-state index in [1.807, 2.05) is 25.3 Å². The number of aryl methyl sites for hydroxylation is 1. The highest BCUT2D eigenvalue weighted by Gasteiger charge is 2.47. The summed E-state index contributed by atoms with van der Waals surface area (Å²) in [5.74, 6) is 1.42. The van der Waals surface area contributed by atoms with Gasteiger partial charge in [-0.1, -0.05) is 19.3 Å². The van der Waals surface area contributed by atoms with Gasteiger partial charge >= 0.3 is 0 Å². The third-order valence-electron chi connectivity index (χ3n) is 7.41. The molecule has 3 aliphatic rings. The van der Waals surface area contributed by atoms with Crippen molar-refractivity contribution < 1.29 is 14.7 Å². The fourth-order valence-electron chi connectivity index (χ4n) is 5.59. The van der Waals surface area contributed by atoms with E-state index in [2.05, 4.69) is 35.5 Å². The molecule has 11 heteroatoms. The molecule has 0 atom stereocenters. The number of pyridine rings is 2. The molecule has 6 rings (SSSR count). The third kappa shape index (κ3) is 4.39. The second-order valence-electron chi connectivity index (χ2n) is 9.82. The van der Waals surface area contributed by atoms with Gasteiger partial charge in [0.1, 0.15) is 18.0 Å². The van der Waals surface area contributed by atoms with Crippen molar-refractivity contribution in [3.05, 3.63) is 59.1 Å². The number of amides is 1. The molecule has 1 saturated heterocycles. The van der Waals surface area contributed by atoms with Crippen LogP contribution in [0.4, 0.5) is 23.1 Å². The second-order valence-corrected chi connectivity index (χ2v) is 9.82. The molecule has 3 aromatic heterocycles. The molecule has 0 aromatic carbocycles. The van der Waals surface area contributed by atoms with Gasteiger partial charge in [0, 0.05) is 19.2 Å². The Kier molecular flexibility index (Phi) is 5.99. The zero-order valence-corrected chi connectivity index (χ0v) is 20.8. The molecule has 2 fully saturated rings. The van der Waals surface area contributed by atoms with Crippen molar-refractivity contribution in [2.45, 2.75) is 44.6 Å². The molecule has 0 unspecified atom stereocenters. The normalized spacial score (nSPS) is 19.1. The Morgan fingerprint density at radius 2 is 1.89 bits per heavy atom. The molecule has 1 aliphatic carbocycles. The molecular weight excluding hydrogens is 472 g/mol. The van der Waals surface area contributed by atoms with E-state index in [-0.39, 0.29) is 5.91 Å². The van der Waals surface area contributed by atoms with Crippen LogP contribution in [0, 0.1) is 6.92 Å². The van der Waals surface area contributed by atoms with E-state index in [1.165, 1.54) is 6.33 Å². The number of ether oxygens (including phenoxy) is 1. The van der Waals surface area contributed by atoms with Gasteiger partial charge in [-0.2, -0.15) is 4.73 Å². The van der Waals surface area contributed by atoms with E-state index in [9.17, 15) is 10.0 Å². The predicted octanol–water partition coefficient (Wildman–Crippen LogP) is 2.93. The minimum absolute atomic E-state index is 0.135. The molecule has 1 amide bonds. The molecule has 5 heterocycles. The Morgan fingerprint density at radius 1 is 1.08 bits per heavy atom. The molecule has 192 valence electrons. The first-order valence-corrected chi connectivity index (χ1v) is 12.7. The van der Waals surface area contributed by atoms with Crippen LogP contribution in [-0.4, -0.2) is 57.1 Å². The van der Waals surface area contributed by atoms with Crippen LogP contribution >= 0.6 is 0 Å². The Balaban J connectivity index is 1.28. The van der Waals surface area contributed by atoms with E-state index in [4.69, 9.17) is 4.74 Å². The quantitative estimate of drug-likeness (QED) is 0.465. The summed E-state index contributed by atoms with van der Waals surface area (Å²) < 4.78 is 6.48. The Morgan fingerprint density at radius 3 is 2.65 bits per heavy atom. The summed E-state index contributed by atoms with van der Waals surface area (Å²) in [7, 11) is 0. The summed E-state index contributed by atoms with van der Waals surface area (Å²) in [6, 6.07) is 7.33. The zero-order valence-electron chi connectivity index (χ0n) is 20.8. The highest BCUT2D eigenvalue weighted by molar-refractivity contribution is 6.00. The summed E-state index contributed by atoms with van der Waals surface area (Å²) >= 11 is 0. The van der Waals surface area contributed by atoms with E-state index in [1.54, 1.807) is 12.1 Å². The van der Waals surface area contributed by atoms with Gasteiger partial charge in [0.05, 0.1) is 41.9 Å². The average molecular weight is 503 g/mol. The van der Waals surface area contributed by atoms with Crippen LogP contribution in [0.2, 0.25) is 0 Å². The molecule has 3 aromatic rings. The van der Waals surface area contributed by atoms with Gasteiger partial charge in [0.15, 0.2) is 11.3 Å². The second kappa shape index (κ2) is 9.47. The molecular formula is C26H30N8O3. The van der Waals surface area contributed by atoms with Gasteiger partial charge in [-0.3, -0.25) is 4.79 Å². The van der Waals surface area contributed by atoms with Crippen molar-refractivity contribution in [3.8, 4) is 0 Å². The molecule has 11 nitrogen and oxygen atoms in total. The monoisotopic (exact) mass is 502 g/mol. The first kappa shape index (κ1) is 23.4. The molecule has 0 bridgehead atoms. The number of nitrogens with one attached hydrogen (secondary N) is 2. The number of hydrogen-bond acceptors (Lipinski definition) is 9. The number of anilines is 3. The van der Waals surface area contributed by atoms with Gasteiger partial charge < -0.3 is 25.5 Å². The molecule has 1 spiro atoms. The average Bonchev–Trinajstić information content (AvgIpc) is 3.20. The molecule has 0 radical (unpaired) electrons. The lowest BCUT2D eigenvalue weighted by Gasteiger charge is -2.34. The van der Waals surface area contributed by atoms with E-state index in [0.717, 1.165) is 74.4 Å². The molecule has 1 saturated carbocycles. The van der Waals surface area contributed by atoms with Crippen LogP contribution in [0.3, 0.4) is 0 Å². The van der Waals surface area contributed by atoms with Crippen molar-refractivity contribution in [2.24, 2.45) is 4.99 Å². The minimum atomic E-state index is -0.548. The molecule has 3 N–H and O–H groups in total. The highest BCUT2D eigenvalue weighted by atomic mass is 16.5. The maximum atomic E-state index is 12.8. The van der Waals surface area contributed by atoms with Crippen molar-refractivity contribution in [1.29, 1.82) is 0 Å². The van der Waals surface area contributed by atoms with Gasteiger partial charge in [-0.25, -0.2) is 19.9 Å². The summed E-state index contributed by atoms with van der Waals surface area (Å²) in [6.45, 7) is 5.02. The predicted molar refractivity (Wildman–Crippen MR) is 136 cm³/mol. The SMILES string of the molecule is Cc1cc(=Nc2cc(Nc3ccc(N4CCOCC4)cn3)ncn2)n(O)c2c1C(=O)NC21CCCCC1. The fourth-order valence-corrected chi connectivity index (χ4v) is 5.59. The summed E-state index contributed by atoms with van der Waals surface area (Å²) in [6.07, 6.45) is 7.98. The van der Waals surface area contributed by atoms with E-state index < -0.39 is 5.54 Å². The van der Waals surface area contributed by atoms with Crippen LogP contribution in [0.25, 0.3) is 0 Å². The zero-order chi connectivity index (χ0) is 25.4. The van der Waals surface area contributed by atoms with Crippen LogP contribution in [-0.2, 0) is 10.3 Å². The minimum Gasteiger partial charge on any atom is -0.427 e. The summed E-state index contributed by atoms with van der Waals surface area (Å²) in [5, 5.41) is 17.6. The van der Waals surface area contributed by atoms with Crippen LogP contribution in [0.15, 0.2) is 41.8 Å². The van der Waals surface area contributed by atoms with Crippen molar-refractivity contribution in [1.82, 2.24) is 25.0 Å².